The number of aromatic nitrogens is 1. The summed E-state index contributed by atoms with van der Waals surface area (Å²) in [6.45, 7) is 6.03. The van der Waals surface area contributed by atoms with Crippen LogP contribution < -0.4 is 9.64 Å². The number of ether oxygens (including phenoxy) is 1. The van der Waals surface area contributed by atoms with Crippen LogP contribution in [0.3, 0.4) is 0 Å². The second kappa shape index (κ2) is 7.28. The van der Waals surface area contributed by atoms with Gasteiger partial charge in [0.25, 0.3) is 11.7 Å². The molecular formula is C22H20N2O5S. The van der Waals surface area contributed by atoms with Crippen molar-refractivity contribution >= 4 is 40.7 Å². The highest BCUT2D eigenvalue weighted by molar-refractivity contribution is 7.99. The molecule has 0 spiro atoms. The number of carboxylic acid groups (broad SMARTS) is 1. The lowest BCUT2D eigenvalue weighted by Crippen LogP contribution is -2.47. The maximum atomic E-state index is 12.7. The minimum atomic E-state index is -1.04. The molecule has 2 aliphatic rings. The second-order valence-corrected chi connectivity index (χ2v) is 8.51. The van der Waals surface area contributed by atoms with Gasteiger partial charge in [0, 0.05) is 17.5 Å². The highest BCUT2D eigenvalue weighted by Crippen LogP contribution is 2.48. The first-order valence-electron chi connectivity index (χ1n) is 9.47. The summed E-state index contributed by atoms with van der Waals surface area (Å²) in [5.41, 5.74) is 2.01. The maximum absolute atomic E-state index is 12.7. The summed E-state index contributed by atoms with van der Waals surface area (Å²) >= 11 is 1.31. The Morgan fingerprint density at radius 2 is 2.00 bits per heavy atom. The van der Waals surface area contributed by atoms with Gasteiger partial charge in [-0.05, 0) is 50.6 Å². The summed E-state index contributed by atoms with van der Waals surface area (Å²) < 4.78 is 5.62. The van der Waals surface area contributed by atoms with Gasteiger partial charge in [-0.3, -0.25) is 14.5 Å². The first-order chi connectivity index (χ1) is 14.2. The number of rotatable bonds is 6. The van der Waals surface area contributed by atoms with Crippen molar-refractivity contribution in [2.75, 3.05) is 17.3 Å². The number of ketones is 1. The largest absolute Gasteiger partial charge is 0.494 e. The van der Waals surface area contributed by atoms with Crippen LogP contribution in [0.25, 0.3) is 5.57 Å². The number of hydrogen-bond acceptors (Lipinski definition) is 6. The van der Waals surface area contributed by atoms with Crippen LogP contribution >= 0.6 is 11.8 Å². The highest BCUT2D eigenvalue weighted by atomic mass is 32.2. The summed E-state index contributed by atoms with van der Waals surface area (Å²) in [4.78, 5) is 42.6. The molecule has 1 aromatic carbocycles. The third-order valence-corrected chi connectivity index (χ3v) is 6.13. The molecule has 4 rings (SSSR count). The normalized spacial score (nSPS) is 16.4. The van der Waals surface area contributed by atoms with Gasteiger partial charge in [-0.25, -0.2) is 9.78 Å². The summed E-state index contributed by atoms with van der Waals surface area (Å²) in [7, 11) is 0. The fourth-order valence-electron chi connectivity index (χ4n) is 3.89. The Bertz CT molecular complexity index is 1120. The molecule has 7 nitrogen and oxygen atoms in total. The molecule has 30 heavy (non-hydrogen) atoms. The Balaban J connectivity index is 1.79. The number of Topliss-reactive ketones (excluding diaryl/α,β-unsaturated/α-hetero) is 1. The Labute approximate surface area is 177 Å². The van der Waals surface area contributed by atoms with Crippen molar-refractivity contribution in [3.05, 3.63) is 53.2 Å². The van der Waals surface area contributed by atoms with Crippen molar-refractivity contribution in [1.82, 2.24) is 4.98 Å². The molecule has 0 saturated heterocycles. The number of nitrogens with zero attached hydrogens (tertiary/aromatic N) is 2. The van der Waals surface area contributed by atoms with Crippen LogP contribution in [-0.2, 0) is 4.79 Å². The topological polar surface area (TPSA) is 96.8 Å². The number of benzene rings is 1. The molecular weight excluding hydrogens is 404 g/mol. The van der Waals surface area contributed by atoms with E-state index < -0.39 is 23.2 Å². The summed E-state index contributed by atoms with van der Waals surface area (Å²) in [6, 6.07) is 6.56. The van der Waals surface area contributed by atoms with E-state index >= 15 is 0 Å². The van der Waals surface area contributed by atoms with E-state index in [9.17, 15) is 19.5 Å². The van der Waals surface area contributed by atoms with Gasteiger partial charge in [-0.15, -0.1) is 11.8 Å². The SMILES string of the molecule is CCOc1cc2c3c(c1)C(CSc1ncccc1C(=O)O)=CC(C)(C)N3C(=O)C2=O. The van der Waals surface area contributed by atoms with E-state index in [1.54, 1.807) is 18.3 Å². The molecule has 3 heterocycles. The predicted octanol–water partition coefficient (Wildman–Crippen LogP) is 3.68. The van der Waals surface area contributed by atoms with Crippen molar-refractivity contribution in [3.63, 3.8) is 0 Å². The van der Waals surface area contributed by atoms with E-state index in [0.717, 1.165) is 11.1 Å². The molecule has 0 unspecified atom stereocenters. The zero-order valence-corrected chi connectivity index (χ0v) is 17.6. The second-order valence-electron chi connectivity index (χ2n) is 7.54. The molecule has 2 aromatic rings. The van der Waals surface area contributed by atoms with Gasteiger partial charge in [-0.2, -0.15) is 0 Å². The van der Waals surface area contributed by atoms with E-state index in [4.69, 9.17) is 4.74 Å². The fourth-order valence-corrected chi connectivity index (χ4v) is 4.87. The molecule has 1 N–H and O–H groups in total. The van der Waals surface area contributed by atoms with Crippen LogP contribution in [-0.4, -0.2) is 45.6 Å². The molecule has 0 radical (unpaired) electrons. The monoisotopic (exact) mass is 424 g/mol. The summed E-state index contributed by atoms with van der Waals surface area (Å²) in [5.74, 6) is -1.18. The van der Waals surface area contributed by atoms with Gasteiger partial charge in [0.15, 0.2) is 0 Å². The van der Waals surface area contributed by atoms with E-state index in [-0.39, 0.29) is 5.56 Å². The fraction of sp³-hybridized carbons (Fsp3) is 0.273. The summed E-state index contributed by atoms with van der Waals surface area (Å²) in [5, 5.41) is 9.82. The lowest BCUT2D eigenvalue weighted by atomic mass is 9.89. The molecule has 0 aliphatic carbocycles. The van der Waals surface area contributed by atoms with Crippen LogP contribution in [0.15, 0.2) is 41.6 Å². The first kappa shape index (κ1) is 20.2. The molecule has 1 aromatic heterocycles. The maximum Gasteiger partial charge on any atom is 0.338 e. The molecule has 8 heteroatoms. The predicted molar refractivity (Wildman–Crippen MR) is 113 cm³/mol. The number of pyridine rings is 1. The summed E-state index contributed by atoms with van der Waals surface area (Å²) in [6.07, 6.45) is 3.50. The van der Waals surface area contributed by atoms with Gasteiger partial charge in [0.1, 0.15) is 10.8 Å². The van der Waals surface area contributed by atoms with Crippen molar-refractivity contribution in [1.29, 1.82) is 0 Å². The Hall–Kier alpha value is -3.13. The molecule has 0 atom stereocenters. The number of carbonyl (C=O) groups excluding carboxylic acids is 2. The molecule has 0 bridgehead atoms. The van der Waals surface area contributed by atoms with Crippen molar-refractivity contribution in [3.8, 4) is 5.75 Å². The zero-order valence-electron chi connectivity index (χ0n) is 16.8. The highest BCUT2D eigenvalue weighted by Gasteiger charge is 2.47. The number of carboxylic acids is 1. The van der Waals surface area contributed by atoms with Gasteiger partial charge in [0.2, 0.25) is 0 Å². The third kappa shape index (κ3) is 3.17. The van der Waals surface area contributed by atoms with Crippen LogP contribution in [0.2, 0.25) is 0 Å². The molecule has 2 aliphatic heterocycles. The lowest BCUT2D eigenvalue weighted by molar-refractivity contribution is -0.115. The minimum absolute atomic E-state index is 0.137. The van der Waals surface area contributed by atoms with Gasteiger partial charge in [-0.1, -0.05) is 6.08 Å². The number of aromatic carboxylic acids is 1. The van der Waals surface area contributed by atoms with Crippen molar-refractivity contribution < 1.29 is 24.2 Å². The number of carbonyl (C=O) groups is 3. The standard InChI is InChI=1S/C22H20N2O5S/c1-4-29-13-8-15-12(11-30-19-14(21(27)28)6-5-7-23-19)10-22(2,3)24-17(15)16(9-13)18(25)20(24)26/h5-10H,4,11H2,1-3H3,(H,27,28). The molecule has 0 saturated carbocycles. The zero-order chi connectivity index (χ0) is 21.6. The van der Waals surface area contributed by atoms with Crippen molar-refractivity contribution in [2.45, 2.75) is 31.3 Å². The first-order valence-corrected chi connectivity index (χ1v) is 10.5. The quantitative estimate of drug-likeness (QED) is 0.558. The van der Waals surface area contributed by atoms with Crippen LogP contribution in [0.4, 0.5) is 5.69 Å². The van der Waals surface area contributed by atoms with E-state index in [2.05, 4.69) is 4.98 Å². The van der Waals surface area contributed by atoms with Gasteiger partial charge in [0.05, 0.1) is 29.0 Å². The average Bonchev–Trinajstić information content (AvgIpc) is 2.96. The van der Waals surface area contributed by atoms with Crippen LogP contribution in [0, 0.1) is 0 Å². The van der Waals surface area contributed by atoms with E-state index in [0.29, 0.717) is 34.4 Å². The number of hydrogen-bond donors (Lipinski definition) is 1. The Morgan fingerprint density at radius 3 is 2.70 bits per heavy atom. The number of thioether (sulfide) groups is 1. The van der Waals surface area contributed by atoms with Crippen molar-refractivity contribution in [2.24, 2.45) is 0 Å². The smallest absolute Gasteiger partial charge is 0.338 e. The third-order valence-electron chi connectivity index (χ3n) is 5.08. The lowest BCUT2D eigenvalue weighted by Gasteiger charge is -2.39. The van der Waals surface area contributed by atoms with E-state index in [1.165, 1.54) is 22.7 Å². The Kier molecular flexibility index (Phi) is 4.89. The van der Waals surface area contributed by atoms with Gasteiger partial charge >= 0.3 is 5.97 Å². The van der Waals surface area contributed by atoms with Gasteiger partial charge < -0.3 is 9.84 Å². The minimum Gasteiger partial charge on any atom is -0.494 e. The average molecular weight is 424 g/mol. The molecule has 1 amide bonds. The van der Waals surface area contributed by atoms with E-state index in [1.807, 2.05) is 32.9 Å². The number of anilines is 1. The van der Waals surface area contributed by atoms with Crippen LogP contribution in [0.5, 0.6) is 5.75 Å². The van der Waals surface area contributed by atoms with Crippen LogP contribution in [0.1, 0.15) is 47.1 Å². The number of amides is 1. The molecule has 154 valence electrons. The Morgan fingerprint density at radius 1 is 1.27 bits per heavy atom. The molecule has 0 fully saturated rings.